The second kappa shape index (κ2) is 3.33. The summed E-state index contributed by atoms with van der Waals surface area (Å²) in [5, 5.41) is 17.4. The Balaban J connectivity index is 2.73. The third kappa shape index (κ3) is 1.80. The highest BCUT2D eigenvalue weighted by Gasteiger charge is 2.46. The lowest BCUT2D eigenvalue weighted by Gasteiger charge is -2.25. The van der Waals surface area contributed by atoms with Crippen LogP contribution in [0.2, 0.25) is 0 Å². The van der Waals surface area contributed by atoms with Crippen LogP contribution in [0.3, 0.4) is 0 Å². The molecule has 74 valence electrons. The Morgan fingerprint density at radius 1 is 1.46 bits per heavy atom. The van der Waals surface area contributed by atoms with Crippen molar-refractivity contribution in [2.45, 2.75) is 31.2 Å². The van der Waals surface area contributed by atoms with Crippen molar-refractivity contribution in [2.24, 2.45) is 11.7 Å². The summed E-state index contributed by atoms with van der Waals surface area (Å²) >= 11 is 0. The molecular formula is C8H13NO4. The zero-order valence-corrected chi connectivity index (χ0v) is 7.19. The lowest BCUT2D eigenvalue weighted by Crippen LogP contribution is -2.51. The highest BCUT2D eigenvalue weighted by Crippen LogP contribution is 2.36. The zero-order chi connectivity index (χ0) is 10.1. The number of rotatable bonds is 3. The van der Waals surface area contributed by atoms with Crippen molar-refractivity contribution in [1.82, 2.24) is 0 Å². The Kier molecular flexibility index (Phi) is 2.56. The maximum absolute atomic E-state index is 10.8. The first-order valence-corrected chi connectivity index (χ1v) is 4.21. The first kappa shape index (κ1) is 9.98. The number of hydrogen-bond acceptors (Lipinski definition) is 3. The fourth-order valence-electron chi connectivity index (χ4n) is 1.88. The molecule has 0 aromatic carbocycles. The molecule has 2 atom stereocenters. The van der Waals surface area contributed by atoms with Gasteiger partial charge in [-0.15, -0.1) is 0 Å². The lowest BCUT2D eigenvalue weighted by atomic mass is 9.86. The maximum atomic E-state index is 10.8. The summed E-state index contributed by atoms with van der Waals surface area (Å²) in [6, 6.07) is 0. The van der Waals surface area contributed by atoms with Gasteiger partial charge in [0.1, 0.15) is 5.54 Å². The molecule has 0 spiro atoms. The Labute approximate surface area is 75.5 Å². The zero-order valence-electron chi connectivity index (χ0n) is 7.19. The molecule has 1 aliphatic carbocycles. The van der Waals surface area contributed by atoms with Gasteiger partial charge in [0, 0.05) is 0 Å². The van der Waals surface area contributed by atoms with Crippen LogP contribution in [0, 0.1) is 5.92 Å². The quantitative estimate of drug-likeness (QED) is 0.579. The molecule has 0 aliphatic heterocycles. The summed E-state index contributed by atoms with van der Waals surface area (Å²) in [5.74, 6) is -2.50. The summed E-state index contributed by atoms with van der Waals surface area (Å²) in [6.07, 6.45) is 1.51. The molecule has 1 aliphatic rings. The predicted octanol–water partition coefficient (Wildman–Crippen LogP) is 0.0433. The van der Waals surface area contributed by atoms with E-state index >= 15 is 0 Å². The molecule has 5 nitrogen and oxygen atoms in total. The van der Waals surface area contributed by atoms with E-state index in [0.717, 1.165) is 0 Å². The van der Waals surface area contributed by atoms with Gasteiger partial charge in [-0.3, -0.25) is 9.59 Å². The summed E-state index contributed by atoms with van der Waals surface area (Å²) in [4.78, 5) is 21.2. The molecule has 4 N–H and O–H groups in total. The molecule has 1 saturated carbocycles. The van der Waals surface area contributed by atoms with Gasteiger partial charge in [-0.2, -0.15) is 0 Å². The van der Waals surface area contributed by atoms with Crippen molar-refractivity contribution >= 4 is 11.9 Å². The van der Waals surface area contributed by atoms with E-state index in [1.165, 1.54) is 0 Å². The van der Waals surface area contributed by atoms with Crippen LogP contribution in [0.15, 0.2) is 0 Å². The van der Waals surface area contributed by atoms with Crippen molar-refractivity contribution in [3.63, 3.8) is 0 Å². The topological polar surface area (TPSA) is 101 Å². The summed E-state index contributed by atoms with van der Waals surface area (Å²) in [7, 11) is 0. The van der Waals surface area contributed by atoms with Gasteiger partial charge < -0.3 is 15.9 Å². The number of carboxylic acid groups (broad SMARTS) is 2. The monoisotopic (exact) mass is 187 g/mol. The standard InChI is InChI=1S/C8H13NO4/c9-8(7(12)13)3-1-2-5(8)4-6(10)11/h5H,1-4,9H2,(H,10,11)(H,12,13). The molecule has 5 heteroatoms. The molecule has 2 unspecified atom stereocenters. The van der Waals surface area contributed by atoms with Crippen LogP contribution in [-0.2, 0) is 9.59 Å². The average molecular weight is 187 g/mol. The van der Waals surface area contributed by atoms with Gasteiger partial charge in [-0.1, -0.05) is 6.42 Å². The van der Waals surface area contributed by atoms with Crippen molar-refractivity contribution in [3.8, 4) is 0 Å². The first-order chi connectivity index (χ1) is 5.97. The van der Waals surface area contributed by atoms with Crippen LogP contribution in [0.1, 0.15) is 25.7 Å². The van der Waals surface area contributed by atoms with Gasteiger partial charge in [0.15, 0.2) is 0 Å². The van der Waals surface area contributed by atoms with Crippen LogP contribution >= 0.6 is 0 Å². The van der Waals surface area contributed by atoms with E-state index in [0.29, 0.717) is 19.3 Å². The lowest BCUT2D eigenvalue weighted by molar-refractivity contribution is -0.146. The van der Waals surface area contributed by atoms with Gasteiger partial charge in [-0.05, 0) is 18.8 Å². The third-order valence-electron chi connectivity index (χ3n) is 2.69. The molecule has 0 aromatic heterocycles. The van der Waals surface area contributed by atoms with E-state index in [-0.39, 0.29) is 6.42 Å². The molecule has 0 saturated heterocycles. The maximum Gasteiger partial charge on any atom is 0.323 e. The molecule has 1 rings (SSSR count). The van der Waals surface area contributed by atoms with Gasteiger partial charge in [0.25, 0.3) is 0 Å². The molecule has 0 amide bonds. The highest BCUT2D eigenvalue weighted by atomic mass is 16.4. The molecule has 0 heterocycles. The highest BCUT2D eigenvalue weighted by molar-refractivity contribution is 5.80. The minimum atomic E-state index is -1.32. The van der Waals surface area contributed by atoms with E-state index in [2.05, 4.69) is 0 Å². The van der Waals surface area contributed by atoms with Crippen molar-refractivity contribution in [3.05, 3.63) is 0 Å². The third-order valence-corrected chi connectivity index (χ3v) is 2.69. The first-order valence-electron chi connectivity index (χ1n) is 4.21. The van der Waals surface area contributed by atoms with Crippen LogP contribution in [-0.4, -0.2) is 27.7 Å². The largest absolute Gasteiger partial charge is 0.481 e. The number of aliphatic carboxylic acids is 2. The van der Waals surface area contributed by atoms with E-state index < -0.39 is 23.4 Å². The Bertz CT molecular complexity index is 240. The number of hydrogen-bond donors (Lipinski definition) is 3. The Morgan fingerprint density at radius 3 is 2.54 bits per heavy atom. The van der Waals surface area contributed by atoms with Gasteiger partial charge >= 0.3 is 11.9 Å². The van der Waals surface area contributed by atoms with E-state index in [1.54, 1.807) is 0 Å². The number of carbonyl (C=O) groups is 2. The van der Waals surface area contributed by atoms with E-state index in [4.69, 9.17) is 15.9 Å². The molecule has 0 bridgehead atoms. The Hall–Kier alpha value is -1.10. The molecule has 13 heavy (non-hydrogen) atoms. The fraction of sp³-hybridized carbons (Fsp3) is 0.750. The Morgan fingerprint density at radius 2 is 2.08 bits per heavy atom. The molecular weight excluding hydrogens is 174 g/mol. The van der Waals surface area contributed by atoms with Crippen LogP contribution in [0.4, 0.5) is 0 Å². The number of carboxylic acids is 2. The number of nitrogens with two attached hydrogens (primary N) is 1. The average Bonchev–Trinajstić information content (AvgIpc) is 2.33. The van der Waals surface area contributed by atoms with E-state index in [1.807, 2.05) is 0 Å². The second-order valence-electron chi connectivity index (χ2n) is 3.53. The smallest absolute Gasteiger partial charge is 0.323 e. The van der Waals surface area contributed by atoms with Gasteiger partial charge in [0.2, 0.25) is 0 Å². The van der Waals surface area contributed by atoms with Crippen LogP contribution < -0.4 is 5.73 Å². The van der Waals surface area contributed by atoms with E-state index in [9.17, 15) is 9.59 Å². The predicted molar refractivity (Wildman–Crippen MR) is 44.1 cm³/mol. The normalized spacial score (nSPS) is 33.2. The van der Waals surface area contributed by atoms with Crippen LogP contribution in [0.25, 0.3) is 0 Å². The molecule has 0 aromatic rings. The van der Waals surface area contributed by atoms with Crippen molar-refractivity contribution < 1.29 is 19.8 Å². The second-order valence-corrected chi connectivity index (χ2v) is 3.53. The molecule has 0 radical (unpaired) electrons. The van der Waals surface area contributed by atoms with Crippen molar-refractivity contribution in [2.75, 3.05) is 0 Å². The minimum absolute atomic E-state index is 0.150. The van der Waals surface area contributed by atoms with Gasteiger partial charge in [-0.25, -0.2) is 0 Å². The fourth-order valence-corrected chi connectivity index (χ4v) is 1.88. The minimum Gasteiger partial charge on any atom is -0.481 e. The summed E-state index contributed by atoms with van der Waals surface area (Å²) in [5.41, 5.74) is 4.31. The van der Waals surface area contributed by atoms with Crippen LogP contribution in [0.5, 0.6) is 0 Å². The van der Waals surface area contributed by atoms with Crippen molar-refractivity contribution in [1.29, 1.82) is 0 Å². The SMILES string of the molecule is NC1(C(=O)O)CCCC1CC(=O)O. The molecule has 1 fully saturated rings. The summed E-state index contributed by atoms with van der Waals surface area (Å²) in [6.45, 7) is 0. The van der Waals surface area contributed by atoms with Gasteiger partial charge in [0.05, 0.1) is 6.42 Å². The summed E-state index contributed by atoms with van der Waals surface area (Å²) < 4.78 is 0.